The molecule has 0 spiro atoms. The van der Waals surface area contributed by atoms with Crippen LogP contribution in [0.3, 0.4) is 0 Å². The van der Waals surface area contributed by atoms with E-state index in [1.54, 1.807) is 25.6 Å². The van der Waals surface area contributed by atoms with E-state index in [4.69, 9.17) is 9.47 Å². The quantitative estimate of drug-likeness (QED) is 0.681. The minimum absolute atomic E-state index is 0.120. The van der Waals surface area contributed by atoms with Crippen molar-refractivity contribution in [2.45, 2.75) is 4.83 Å². The van der Waals surface area contributed by atoms with Gasteiger partial charge in [-0.2, -0.15) is 0 Å². The summed E-state index contributed by atoms with van der Waals surface area (Å²) >= 11 is 8.94. The van der Waals surface area contributed by atoms with Gasteiger partial charge in [0.25, 0.3) is 0 Å². The third-order valence-corrected chi connectivity index (χ3v) is 5.56. The van der Waals surface area contributed by atoms with Crippen LogP contribution < -0.4 is 9.47 Å². The van der Waals surface area contributed by atoms with Crippen molar-refractivity contribution in [3.8, 4) is 11.5 Å². The molecule has 2 rings (SSSR count). The maximum absolute atomic E-state index is 5.49. The molecule has 0 aliphatic heterocycles. The van der Waals surface area contributed by atoms with Crippen LogP contribution in [0.25, 0.3) is 0 Å². The lowest BCUT2D eigenvalue weighted by Gasteiger charge is -2.16. The highest BCUT2D eigenvalue weighted by Gasteiger charge is 2.20. The Labute approximate surface area is 127 Å². The second-order valence-electron chi connectivity index (χ2n) is 3.58. The fourth-order valence-electron chi connectivity index (χ4n) is 1.71. The third kappa shape index (κ3) is 2.58. The zero-order chi connectivity index (χ0) is 13.1. The van der Waals surface area contributed by atoms with Crippen molar-refractivity contribution in [3.63, 3.8) is 0 Å². The smallest absolute Gasteiger partial charge is 0.141 e. The Morgan fingerprint density at radius 1 is 1.17 bits per heavy atom. The van der Waals surface area contributed by atoms with E-state index in [-0.39, 0.29) is 4.83 Å². The van der Waals surface area contributed by atoms with Crippen molar-refractivity contribution in [1.82, 2.24) is 0 Å². The first-order valence-corrected chi connectivity index (χ1v) is 7.85. The summed E-state index contributed by atoms with van der Waals surface area (Å²) in [6.07, 6.45) is 0. The normalized spacial score (nSPS) is 12.2. The van der Waals surface area contributed by atoms with E-state index in [0.29, 0.717) is 0 Å². The number of methoxy groups -OCH3 is 2. The van der Waals surface area contributed by atoms with Crippen molar-refractivity contribution in [2.75, 3.05) is 14.2 Å². The minimum Gasteiger partial charge on any atom is -0.495 e. The summed E-state index contributed by atoms with van der Waals surface area (Å²) in [5, 5.41) is 2.06. The summed E-state index contributed by atoms with van der Waals surface area (Å²) in [4.78, 5) is 1.36. The Bertz CT molecular complexity index is 526. The Morgan fingerprint density at radius 3 is 2.50 bits per heavy atom. The third-order valence-electron chi connectivity index (χ3n) is 2.58. The summed E-state index contributed by atoms with van der Waals surface area (Å²) in [5.74, 6) is 1.56. The van der Waals surface area contributed by atoms with Crippen LogP contribution in [0, 0.1) is 0 Å². The van der Waals surface area contributed by atoms with Gasteiger partial charge < -0.3 is 9.47 Å². The molecule has 0 aliphatic rings. The van der Waals surface area contributed by atoms with Crippen LogP contribution in [0.15, 0.2) is 34.1 Å². The maximum atomic E-state index is 5.49. The van der Waals surface area contributed by atoms with E-state index in [1.807, 2.05) is 18.2 Å². The summed E-state index contributed by atoms with van der Waals surface area (Å²) in [6.45, 7) is 0. The molecular formula is C13H12Br2O2S. The van der Waals surface area contributed by atoms with Gasteiger partial charge in [-0.3, -0.25) is 0 Å². The standard InChI is InChI=1S/C13H12Br2O2S/c1-16-9-6-5-8(13(17-2)12(9)15)11(14)10-4-3-7-18-10/h3-7,11H,1-2H3. The van der Waals surface area contributed by atoms with Crippen LogP contribution in [0.4, 0.5) is 0 Å². The number of hydrogen-bond donors (Lipinski definition) is 0. The fraction of sp³-hybridized carbons (Fsp3) is 0.231. The zero-order valence-corrected chi connectivity index (χ0v) is 13.9. The lowest BCUT2D eigenvalue weighted by atomic mass is 10.1. The predicted octanol–water partition coefficient (Wildman–Crippen LogP) is 5.01. The Morgan fingerprint density at radius 2 is 1.94 bits per heavy atom. The Hall–Kier alpha value is -0.520. The van der Waals surface area contributed by atoms with Crippen molar-refractivity contribution in [1.29, 1.82) is 0 Å². The van der Waals surface area contributed by atoms with Crippen LogP contribution in [0.1, 0.15) is 15.3 Å². The zero-order valence-electron chi connectivity index (χ0n) is 9.94. The van der Waals surface area contributed by atoms with Gasteiger partial charge in [-0.15, -0.1) is 11.3 Å². The summed E-state index contributed by atoms with van der Waals surface area (Å²) in [5.41, 5.74) is 1.08. The molecule has 1 aromatic carbocycles. The second kappa shape index (κ2) is 6.08. The number of thiophene rings is 1. The highest BCUT2D eigenvalue weighted by Crippen LogP contribution is 2.44. The molecule has 1 heterocycles. The lowest BCUT2D eigenvalue weighted by molar-refractivity contribution is 0.387. The molecule has 5 heteroatoms. The van der Waals surface area contributed by atoms with Crippen molar-refractivity contribution in [2.24, 2.45) is 0 Å². The SMILES string of the molecule is COc1ccc(C(Br)c2cccs2)c(OC)c1Br. The molecule has 2 aromatic rings. The lowest BCUT2D eigenvalue weighted by Crippen LogP contribution is -1.98. The molecule has 1 aromatic heterocycles. The molecule has 0 radical (unpaired) electrons. The minimum atomic E-state index is 0.120. The molecular weight excluding hydrogens is 380 g/mol. The number of rotatable bonds is 4. The van der Waals surface area contributed by atoms with Gasteiger partial charge in [0, 0.05) is 10.4 Å². The number of halogens is 2. The average Bonchev–Trinajstić information content (AvgIpc) is 2.91. The predicted molar refractivity (Wildman–Crippen MR) is 82.3 cm³/mol. The molecule has 2 nitrogen and oxygen atoms in total. The van der Waals surface area contributed by atoms with E-state index < -0.39 is 0 Å². The molecule has 0 N–H and O–H groups in total. The van der Waals surface area contributed by atoms with Crippen molar-refractivity contribution in [3.05, 3.63) is 44.6 Å². The molecule has 0 amide bonds. The number of benzene rings is 1. The van der Waals surface area contributed by atoms with E-state index in [9.17, 15) is 0 Å². The van der Waals surface area contributed by atoms with Gasteiger partial charge in [0.05, 0.1) is 19.0 Å². The van der Waals surface area contributed by atoms with Crippen LogP contribution in [-0.2, 0) is 0 Å². The molecule has 0 saturated heterocycles. The molecule has 18 heavy (non-hydrogen) atoms. The Kier molecular flexibility index (Phi) is 4.70. The second-order valence-corrected chi connectivity index (χ2v) is 6.27. The van der Waals surface area contributed by atoms with Crippen LogP contribution in [0.2, 0.25) is 0 Å². The van der Waals surface area contributed by atoms with Gasteiger partial charge in [-0.25, -0.2) is 0 Å². The molecule has 96 valence electrons. The molecule has 0 aliphatic carbocycles. The summed E-state index contributed by atoms with van der Waals surface area (Å²) in [7, 11) is 3.31. The van der Waals surface area contributed by atoms with E-state index in [1.165, 1.54) is 4.88 Å². The topological polar surface area (TPSA) is 18.5 Å². The first kappa shape index (κ1) is 13.9. The molecule has 1 atom stereocenters. The Balaban J connectivity index is 2.48. The number of hydrogen-bond acceptors (Lipinski definition) is 3. The highest BCUT2D eigenvalue weighted by molar-refractivity contribution is 9.10. The fourth-order valence-corrected chi connectivity index (χ4v) is 3.95. The summed E-state index contributed by atoms with van der Waals surface area (Å²) in [6, 6.07) is 8.09. The first-order chi connectivity index (χ1) is 8.69. The monoisotopic (exact) mass is 390 g/mol. The van der Waals surface area contributed by atoms with E-state index in [2.05, 4.69) is 43.3 Å². The van der Waals surface area contributed by atoms with Gasteiger partial charge >= 0.3 is 0 Å². The maximum Gasteiger partial charge on any atom is 0.141 e. The number of alkyl halides is 1. The molecule has 1 unspecified atom stereocenters. The van der Waals surface area contributed by atoms with Gasteiger partial charge in [0.2, 0.25) is 0 Å². The van der Waals surface area contributed by atoms with Crippen LogP contribution >= 0.6 is 43.2 Å². The van der Waals surface area contributed by atoms with Gasteiger partial charge in [0.1, 0.15) is 16.0 Å². The van der Waals surface area contributed by atoms with Gasteiger partial charge in [0.15, 0.2) is 0 Å². The van der Waals surface area contributed by atoms with Crippen molar-refractivity contribution < 1.29 is 9.47 Å². The largest absolute Gasteiger partial charge is 0.495 e. The van der Waals surface area contributed by atoms with Gasteiger partial charge in [-0.1, -0.05) is 28.1 Å². The molecule has 0 saturated carbocycles. The highest BCUT2D eigenvalue weighted by atomic mass is 79.9. The van der Waals surface area contributed by atoms with Crippen LogP contribution in [-0.4, -0.2) is 14.2 Å². The van der Waals surface area contributed by atoms with E-state index in [0.717, 1.165) is 21.5 Å². The number of ether oxygens (including phenoxy) is 2. The van der Waals surface area contributed by atoms with E-state index >= 15 is 0 Å². The molecule has 0 bridgehead atoms. The van der Waals surface area contributed by atoms with Crippen LogP contribution in [0.5, 0.6) is 11.5 Å². The molecule has 0 fully saturated rings. The first-order valence-electron chi connectivity index (χ1n) is 5.27. The van der Waals surface area contributed by atoms with Crippen molar-refractivity contribution >= 4 is 43.2 Å². The van der Waals surface area contributed by atoms with Gasteiger partial charge in [-0.05, 0) is 33.4 Å². The average molecular weight is 392 g/mol. The summed E-state index contributed by atoms with van der Waals surface area (Å²) < 4.78 is 11.6.